The summed E-state index contributed by atoms with van der Waals surface area (Å²) >= 11 is 6.79. The smallest absolute Gasteiger partial charge is 0.254 e. The first kappa shape index (κ1) is 24.3. The Balaban J connectivity index is 1.24. The molecule has 1 aliphatic carbocycles. The van der Waals surface area contributed by atoms with Crippen LogP contribution >= 0.6 is 11.6 Å². The van der Waals surface area contributed by atoms with Crippen molar-refractivity contribution in [3.63, 3.8) is 0 Å². The zero-order valence-electron chi connectivity index (χ0n) is 20.7. The average Bonchev–Trinajstić information content (AvgIpc) is 3.17. The van der Waals surface area contributed by atoms with Crippen molar-refractivity contribution in [1.82, 2.24) is 19.4 Å². The maximum atomic E-state index is 13.1. The largest absolute Gasteiger partial charge is 0.380 e. The van der Waals surface area contributed by atoms with E-state index in [0.29, 0.717) is 49.7 Å². The van der Waals surface area contributed by atoms with Gasteiger partial charge in [0.15, 0.2) is 0 Å². The highest BCUT2D eigenvalue weighted by Gasteiger charge is 2.45. The molecule has 3 aliphatic rings. The van der Waals surface area contributed by atoms with Crippen molar-refractivity contribution >= 4 is 23.4 Å². The van der Waals surface area contributed by atoms with Crippen LogP contribution in [0.4, 0.5) is 0 Å². The lowest BCUT2D eigenvalue weighted by molar-refractivity contribution is -0.161. The predicted molar refractivity (Wildman–Crippen MR) is 135 cm³/mol. The first-order chi connectivity index (χ1) is 16.7. The van der Waals surface area contributed by atoms with E-state index in [2.05, 4.69) is 18.4 Å². The molecule has 1 unspecified atom stereocenters. The number of imidazole rings is 1. The molecule has 7 nitrogen and oxygen atoms in total. The topological polar surface area (TPSA) is 78.7 Å². The van der Waals surface area contributed by atoms with Crippen molar-refractivity contribution in [3.05, 3.63) is 40.8 Å². The quantitative estimate of drug-likeness (QED) is 0.671. The van der Waals surface area contributed by atoms with Crippen LogP contribution in [-0.4, -0.2) is 68.1 Å². The van der Waals surface area contributed by atoms with Gasteiger partial charge in [0.25, 0.3) is 11.8 Å². The van der Waals surface area contributed by atoms with E-state index in [0.717, 1.165) is 49.3 Å². The van der Waals surface area contributed by atoms with Crippen LogP contribution in [0, 0.1) is 5.41 Å². The van der Waals surface area contributed by atoms with Gasteiger partial charge in [-0.3, -0.25) is 9.59 Å². The van der Waals surface area contributed by atoms with Gasteiger partial charge < -0.3 is 19.5 Å². The Morgan fingerprint density at radius 1 is 1.06 bits per heavy atom. The predicted octanol–water partition coefficient (Wildman–Crippen LogP) is 4.16. The summed E-state index contributed by atoms with van der Waals surface area (Å²) in [5.41, 5.74) is 1.38. The highest BCUT2D eigenvalue weighted by molar-refractivity contribution is 6.32. The maximum Gasteiger partial charge on any atom is 0.254 e. The standard InChI is InChI=1S/C27H35ClN4O3/c1-3-10-26(2)13-9-21-29-22(23(28)32(21)18-26)19-5-7-20(8-6-19)24(33)30-14-16-31(17-15-30)25(34)27(35)11-4-12-27/h5-8,35H,3-4,9-18H2,1-2H3. The Kier molecular flexibility index (Phi) is 6.43. The summed E-state index contributed by atoms with van der Waals surface area (Å²) in [6.07, 6.45) is 6.36. The minimum absolute atomic E-state index is 0.0448. The maximum absolute atomic E-state index is 13.1. The number of aryl methyl sites for hydroxylation is 1. The molecule has 3 heterocycles. The van der Waals surface area contributed by atoms with Crippen LogP contribution in [0.3, 0.4) is 0 Å². The number of benzene rings is 1. The number of carbonyl (C=O) groups is 2. The van der Waals surface area contributed by atoms with E-state index in [1.165, 1.54) is 6.42 Å². The fourth-order valence-corrected chi connectivity index (χ4v) is 6.09. The number of aromatic nitrogens is 2. The van der Waals surface area contributed by atoms with Crippen molar-refractivity contribution in [2.24, 2.45) is 5.41 Å². The molecule has 1 saturated heterocycles. The molecule has 0 bridgehead atoms. The van der Waals surface area contributed by atoms with Gasteiger partial charge in [-0.2, -0.15) is 0 Å². The molecule has 0 spiro atoms. The molecule has 1 saturated carbocycles. The second-order valence-electron chi connectivity index (χ2n) is 10.9. The number of hydrogen-bond acceptors (Lipinski definition) is 4. The van der Waals surface area contributed by atoms with Crippen LogP contribution in [0.2, 0.25) is 5.15 Å². The number of hydrogen-bond donors (Lipinski definition) is 1. The minimum atomic E-state index is -1.18. The Hall–Kier alpha value is -2.38. The van der Waals surface area contributed by atoms with E-state index in [-0.39, 0.29) is 17.2 Å². The van der Waals surface area contributed by atoms with Gasteiger partial charge >= 0.3 is 0 Å². The average molecular weight is 499 g/mol. The van der Waals surface area contributed by atoms with E-state index in [1.807, 2.05) is 24.3 Å². The van der Waals surface area contributed by atoms with Crippen LogP contribution in [0.5, 0.6) is 0 Å². The van der Waals surface area contributed by atoms with Gasteiger partial charge in [-0.15, -0.1) is 0 Å². The van der Waals surface area contributed by atoms with Gasteiger partial charge in [-0.05, 0) is 49.7 Å². The second-order valence-corrected chi connectivity index (χ2v) is 11.2. The molecule has 1 aromatic heterocycles. The number of nitrogens with zero attached hydrogens (tertiary/aromatic N) is 4. The van der Waals surface area contributed by atoms with E-state index < -0.39 is 5.60 Å². The highest BCUT2D eigenvalue weighted by atomic mass is 35.5. The zero-order valence-corrected chi connectivity index (χ0v) is 21.5. The van der Waals surface area contributed by atoms with Crippen LogP contribution < -0.4 is 0 Å². The molecule has 8 heteroatoms. The molecule has 2 fully saturated rings. The lowest BCUT2D eigenvalue weighted by Crippen LogP contribution is -2.58. The molecule has 2 aliphatic heterocycles. The van der Waals surface area contributed by atoms with Crippen molar-refractivity contribution in [2.45, 2.75) is 70.9 Å². The summed E-state index contributed by atoms with van der Waals surface area (Å²) in [4.78, 5) is 33.9. The lowest BCUT2D eigenvalue weighted by atomic mass is 9.79. The fraction of sp³-hybridized carbons (Fsp3) is 0.593. The Morgan fingerprint density at radius 2 is 1.71 bits per heavy atom. The summed E-state index contributed by atoms with van der Waals surface area (Å²) in [5, 5.41) is 11.0. The van der Waals surface area contributed by atoms with Crippen molar-refractivity contribution < 1.29 is 14.7 Å². The van der Waals surface area contributed by atoms with Crippen LogP contribution in [0.15, 0.2) is 24.3 Å². The Labute approximate surface area is 212 Å². The SMILES string of the molecule is CCCC1(C)CCc2nc(-c3ccc(C(=O)N4CCN(C(=O)C5(O)CCC5)CC4)cc3)c(Cl)n2C1. The summed E-state index contributed by atoms with van der Waals surface area (Å²) in [6, 6.07) is 7.51. The van der Waals surface area contributed by atoms with E-state index in [1.54, 1.807) is 9.80 Å². The zero-order chi connectivity index (χ0) is 24.8. The molecule has 5 rings (SSSR count). The summed E-state index contributed by atoms with van der Waals surface area (Å²) in [7, 11) is 0. The summed E-state index contributed by atoms with van der Waals surface area (Å²) < 4.78 is 2.16. The molecule has 188 valence electrons. The third-order valence-electron chi connectivity index (χ3n) is 8.17. The number of amides is 2. The van der Waals surface area contributed by atoms with Crippen LogP contribution in [-0.2, 0) is 17.8 Å². The third-order valence-corrected chi connectivity index (χ3v) is 8.55. The molecular weight excluding hydrogens is 464 g/mol. The van der Waals surface area contributed by atoms with Crippen LogP contribution in [0.1, 0.15) is 68.6 Å². The van der Waals surface area contributed by atoms with Gasteiger partial charge in [0.1, 0.15) is 22.3 Å². The summed E-state index contributed by atoms with van der Waals surface area (Å²) in [5.74, 6) is 0.809. The molecule has 35 heavy (non-hydrogen) atoms. The van der Waals surface area contributed by atoms with E-state index >= 15 is 0 Å². The fourth-order valence-electron chi connectivity index (χ4n) is 5.78. The van der Waals surface area contributed by atoms with Gasteiger partial charge in [-0.25, -0.2) is 4.98 Å². The van der Waals surface area contributed by atoms with E-state index in [9.17, 15) is 14.7 Å². The first-order valence-electron chi connectivity index (χ1n) is 12.9. The molecule has 1 atom stereocenters. The Bertz CT molecular complexity index is 1120. The molecular formula is C27H35ClN4O3. The number of aliphatic hydroxyl groups is 1. The van der Waals surface area contributed by atoms with Gasteiger partial charge in [-0.1, -0.05) is 44.0 Å². The van der Waals surface area contributed by atoms with Crippen molar-refractivity contribution in [1.29, 1.82) is 0 Å². The first-order valence-corrected chi connectivity index (χ1v) is 13.3. The number of rotatable bonds is 5. The van der Waals surface area contributed by atoms with Gasteiger partial charge in [0.05, 0.1) is 0 Å². The molecule has 1 N–H and O–H groups in total. The molecule has 2 aromatic rings. The third kappa shape index (κ3) is 4.49. The van der Waals surface area contributed by atoms with Crippen molar-refractivity contribution in [3.8, 4) is 11.3 Å². The summed E-state index contributed by atoms with van der Waals surface area (Å²) in [6.45, 7) is 7.31. The monoisotopic (exact) mass is 498 g/mol. The van der Waals surface area contributed by atoms with Crippen LogP contribution in [0.25, 0.3) is 11.3 Å². The highest BCUT2D eigenvalue weighted by Crippen LogP contribution is 2.40. The second kappa shape index (κ2) is 9.25. The van der Waals surface area contributed by atoms with Crippen molar-refractivity contribution in [2.75, 3.05) is 26.2 Å². The minimum Gasteiger partial charge on any atom is -0.380 e. The molecule has 1 aromatic carbocycles. The number of carbonyl (C=O) groups excluding carboxylic acids is 2. The number of piperazine rings is 1. The van der Waals surface area contributed by atoms with E-state index in [4.69, 9.17) is 16.6 Å². The normalized spacial score (nSPS) is 23.5. The lowest BCUT2D eigenvalue weighted by Gasteiger charge is -2.42. The molecule has 2 amide bonds. The van der Waals surface area contributed by atoms with Gasteiger partial charge in [0.2, 0.25) is 0 Å². The Morgan fingerprint density at radius 3 is 2.31 bits per heavy atom. The number of halogens is 1. The molecule has 0 radical (unpaired) electrons. The number of fused-ring (bicyclic) bond motifs is 1. The van der Waals surface area contributed by atoms with Gasteiger partial charge in [0, 0.05) is 50.3 Å².